The van der Waals surface area contributed by atoms with Crippen LogP contribution in [0.15, 0.2) is 65.3 Å². The lowest BCUT2D eigenvalue weighted by Crippen LogP contribution is -2.36. The van der Waals surface area contributed by atoms with Gasteiger partial charge >= 0.3 is 7.12 Å². The van der Waals surface area contributed by atoms with Crippen molar-refractivity contribution >= 4 is 36.2 Å². The van der Waals surface area contributed by atoms with Crippen molar-refractivity contribution in [3.05, 3.63) is 70.8 Å². The number of carbonyl (C=O) groups excluding carboxylic acids is 2. The lowest BCUT2D eigenvalue weighted by molar-refractivity contribution is -0.122. The fourth-order valence-corrected chi connectivity index (χ4v) is 6.33. The average Bonchev–Trinajstić information content (AvgIpc) is 3.46. The second kappa shape index (κ2) is 11.5. The monoisotopic (exact) mass is 531 g/mol. The second-order valence-electron chi connectivity index (χ2n) is 10.5. The molecule has 2 aliphatic heterocycles. The summed E-state index contributed by atoms with van der Waals surface area (Å²) in [5.74, 6) is -1.50. The number of benzene rings is 2. The van der Waals surface area contributed by atoms with Crippen LogP contribution < -0.4 is 10.4 Å². The summed E-state index contributed by atoms with van der Waals surface area (Å²) in [6, 6.07) is 13.4. The molecule has 204 valence electrons. The number of anilines is 1. The highest BCUT2D eigenvalue weighted by Crippen LogP contribution is 2.50. The predicted molar refractivity (Wildman–Crippen MR) is 148 cm³/mol. The number of ether oxygens (including phenoxy) is 2. The van der Waals surface area contributed by atoms with Gasteiger partial charge in [-0.3, -0.25) is 14.5 Å². The maximum Gasteiger partial charge on any atom is 0.488 e. The summed E-state index contributed by atoms with van der Waals surface area (Å²) in [4.78, 5) is 28.5. The number of carbonyl (C=O) groups is 2. The number of allylic oxidation sites excluding steroid dienone is 1. The Balaban J connectivity index is 1.38. The van der Waals surface area contributed by atoms with E-state index in [0.717, 1.165) is 36.0 Å². The van der Waals surface area contributed by atoms with Crippen molar-refractivity contribution < 1.29 is 34.2 Å². The van der Waals surface area contributed by atoms with Gasteiger partial charge in [0, 0.05) is 13.0 Å². The first-order valence-electron chi connectivity index (χ1n) is 13.5. The summed E-state index contributed by atoms with van der Waals surface area (Å²) in [6.45, 7) is 2.87. The third-order valence-corrected chi connectivity index (χ3v) is 8.20. The average molecular weight is 531 g/mol. The van der Waals surface area contributed by atoms with E-state index < -0.39 is 19.0 Å². The van der Waals surface area contributed by atoms with Gasteiger partial charge in [-0.1, -0.05) is 42.8 Å². The van der Waals surface area contributed by atoms with E-state index in [1.165, 1.54) is 16.5 Å². The van der Waals surface area contributed by atoms with Crippen LogP contribution in [0.25, 0.3) is 6.08 Å². The van der Waals surface area contributed by atoms with E-state index >= 15 is 0 Å². The Kier molecular flexibility index (Phi) is 8.04. The zero-order valence-corrected chi connectivity index (χ0v) is 22.2. The predicted octanol–water partition coefficient (Wildman–Crippen LogP) is 2.81. The number of rotatable bonds is 9. The van der Waals surface area contributed by atoms with Gasteiger partial charge in [-0.2, -0.15) is 0 Å². The first kappa shape index (κ1) is 27.3. The third kappa shape index (κ3) is 5.32. The quantitative estimate of drug-likeness (QED) is 0.259. The highest BCUT2D eigenvalue weighted by Gasteiger charge is 2.57. The molecule has 0 saturated carbocycles. The molecule has 2 aromatic carbocycles. The molecule has 0 spiro atoms. The molecule has 2 aromatic rings. The first-order valence-corrected chi connectivity index (χ1v) is 13.5. The van der Waals surface area contributed by atoms with Crippen molar-refractivity contribution in [1.29, 1.82) is 0 Å². The molecular formula is C30H34BNO7. The number of hydrogen-bond acceptors (Lipinski definition) is 7. The molecule has 5 rings (SSSR count). The van der Waals surface area contributed by atoms with Crippen molar-refractivity contribution in [3.63, 3.8) is 0 Å². The summed E-state index contributed by atoms with van der Waals surface area (Å²) >= 11 is 0. The highest BCUT2D eigenvalue weighted by molar-refractivity contribution is 6.58. The molecule has 9 heteroatoms. The van der Waals surface area contributed by atoms with E-state index in [1.807, 2.05) is 12.1 Å². The van der Waals surface area contributed by atoms with Crippen LogP contribution in [-0.2, 0) is 19.1 Å². The summed E-state index contributed by atoms with van der Waals surface area (Å²) in [7, 11) is -0.0593. The number of phenolic OH excluding ortho intramolecular Hbond substituents is 1. The Morgan fingerprint density at radius 2 is 1.90 bits per heavy atom. The van der Waals surface area contributed by atoms with E-state index in [2.05, 4.69) is 13.0 Å². The molecule has 3 N–H and O–H groups in total. The zero-order valence-electron chi connectivity index (χ0n) is 22.2. The minimum atomic E-state index is -1.69. The molecule has 0 radical (unpaired) electrons. The van der Waals surface area contributed by atoms with Crippen molar-refractivity contribution in [2.24, 2.45) is 17.8 Å². The Morgan fingerprint density at radius 3 is 2.59 bits per heavy atom. The van der Waals surface area contributed by atoms with Crippen LogP contribution in [-0.4, -0.2) is 60.5 Å². The smallest absolute Gasteiger partial charge is 0.488 e. The van der Waals surface area contributed by atoms with Crippen LogP contribution in [0.5, 0.6) is 5.75 Å². The van der Waals surface area contributed by atoms with E-state index in [-0.39, 0.29) is 35.0 Å². The molecule has 2 saturated heterocycles. The van der Waals surface area contributed by atoms with Gasteiger partial charge in [0.1, 0.15) is 5.75 Å². The Hall–Kier alpha value is -3.24. The van der Waals surface area contributed by atoms with Crippen LogP contribution in [0.3, 0.4) is 0 Å². The normalized spacial score (nSPS) is 24.8. The van der Waals surface area contributed by atoms with Gasteiger partial charge in [-0.15, -0.1) is 0 Å². The van der Waals surface area contributed by atoms with E-state index in [9.17, 15) is 24.7 Å². The summed E-state index contributed by atoms with van der Waals surface area (Å²) in [5.41, 5.74) is 5.00. The van der Waals surface area contributed by atoms with Crippen molar-refractivity contribution in [3.8, 4) is 5.75 Å². The van der Waals surface area contributed by atoms with E-state index in [4.69, 9.17) is 9.47 Å². The Bertz CT molecular complexity index is 1300. The molecule has 0 unspecified atom stereocenters. The lowest BCUT2D eigenvalue weighted by Gasteiger charge is -2.31. The van der Waals surface area contributed by atoms with E-state index in [0.29, 0.717) is 25.3 Å². The Morgan fingerprint density at radius 1 is 1.13 bits per heavy atom. The van der Waals surface area contributed by atoms with Crippen LogP contribution in [0.4, 0.5) is 5.69 Å². The molecule has 0 bridgehead atoms. The van der Waals surface area contributed by atoms with Gasteiger partial charge in [0.15, 0.2) is 0 Å². The van der Waals surface area contributed by atoms with Crippen molar-refractivity contribution in [2.75, 3.05) is 25.2 Å². The van der Waals surface area contributed by atoms with Crippen LogP contribution in [0, 0.1) is 17.8 Å². The van der Waals surface area contributed by atoms with Crippen LogP contribution in [0.1, 0.15) is 38.2 Å². The minimum absolute atomic E-state index is 0.152. The molecule has 2 heterocycles. The largest absolute Gasteiger partial charge is 0.508 e. The SMILES string of the molecule is CC/C(=C\c1ccc(O)cc1)CC[C@H]1OC[C@H]2C1=C(COC)C[C@H]1C(=O)N(c3cccc(B(O)O)c3)C(=O)[C@H]12. The van der Waals surface area contributed by atoms with Gasteiger partial charge in [0.25, 0.3) is 0 Å². The minimum Gasteiger partial charge on any atom is -0.508 e. The first-order chi connectivity index (χ1) is 18.8. The lowest BCUT2D eigenvalue weighted by atomic mass is 9.69. The topological polar surface area (TPSA) is 117 Å². The number of methoxy groups -OCH3 is 1. The number of imide groups is 1. The van der Waals surface area contributed by atoms with Gasteiger partial charge in [0.05, 0.1) is 36.8 Å². The number of fused-ring (bicyclic) bond motifs is 3. The summed E-state index contributed by atoms with van der Waals surface area (Å²) in [6.07, 6.45) is 4.90. The number of phenols is 1. The van der Waals surface area contributed by atoms with Gasteiger partial charge in [-0.25, -0.2) is 0 Å². The maximum atomic E-state index is 13.7. The number of hydrogen-bond donors (Lipinski definition) is 3. The summed E-state index contributed by atoms with van der Waals surface area (Å²) in [5, 5.41) is 28.8. The molecule has 1 aliphatic carbocycles. The summed E-state index contributed by atoms with van der Waals surface area (Å²) < 4.78 is 11.8. The van der Waals surface area contributed by atoms with Gasteiger partial charge < -0.3 is 24.6 Å². The fourth-order valence-electron chi connectivity index (χ4n) is 6.33. The molecule has 2 amide bonds. The van der Waals surface area contributed by atoms with E-state index in [1.54, 1.807) is 37.4 Å². The molecule has 3 aliphatic rings. The van der Waals surface area contributed by atoms with Gasteiger partial charge in [-0.05, 0) is 72.1 Å². The molecular weight excluding hydrogens is 497 g/mol. The molecule has 39 heavy (non-hydrogen) atoms. The molecule has 8 nitrogen and oxygen atoms in total. The number of aromatic hydroxyl groups is 1. The fraction of sp³-hybridized carbons (Fsp3) is 0.400. The van der Waals surface area contributed by atoms with Crippen LogP contribution >= 0.6 is 0 Å². The second-order valence-corrected chi connectivity index (χ2v) is 10.5. The van der Waals surface area contributed by atoms with Crippen molar-refractivity contribution in [1.82, 2.24) is 0 Å². The number of amides is 2. The highest BCUT2D eigenvalue weighted by atomic mass is 16.5. The number of nitrogens with zero attached hydrogens (tertiary/aromatic N) is 1. The molecule has 4 atom stereocenters. The van der Waals surface area contributed by atoms with Crippen molar-refractivity contribution in [2.45, 2.75) is 38.7 Å². The van der Waals surface area contributed by atoms with Gasteiger partial charge in [0.2, 0.25) is 11.8 Å². The third-order valence-electron chi connectivity index (χ3n) is 8.20. The molecule has 2 fully saturated rings. The Labute approximate surface area is 228 Å². The van der Waals surface area contributed by atoms with Crippen LogP contribution in [0.2, 0.25) is 0 Å². The maximum absolute atomic E-state index is 13.7. The molecule has 0 aromatic heterocycles. The zero-order chi connectivity index (χ0) is 27.7. The standard InChI is InChI=1S/C30H34BNO7/c1-3-18(13-19-7-10-23(33)11-8-19)9-12-26-27-20(16-38-2)14-24-28(25(27)17-39-26)30(35)32(29(24)34)22-6-4-5-21(15-22)31(36)37/h4-8,10-11,13,15,24-26,28,33,36-37H,3,9,12,14,16-17H2,1-2H3/b18-13+/t24-,25+,26-,28-/m1/s1.